The smallest absolute Gasteiger partial charge is 0.152 e. The molecule has 1 fully saturated rings. The van der Waals surface area contributed by atoms with Crippen molar-refractivity contribution in [3.63, 3.8) is 0 Å². The summed E-state index contributed by atoms with van der Waals surface area (Å²) in [5.74, 6) is -1.17. The molecule has 1 aromatic rings. The van der Waals surface area contributed by atoms with E-state index >= 15 is 0 Å². The minimum atomic E-state index is -3.21. The maximum atomic E-state index is 12.7. The monoisotopic (exact) mass is 239 g/mol. The number of hydrogen-bond donors (Lipinski definition) is 0. The van der Waals surface area contributed by atoms with Gasteiger partial charge in [0.2, 0.25) is 0 Å². The number of hydrogen-bond acceptors (Lipinski definition) is 3. The van der Waals surface area contributed by atoms with Gasteiger partial charge in [0.1, 0.15) is 5.82 Å². The Bertz CT molecular complexity index is 544. The first-order chi connectivity index (χ1) is 7.45. The van der Waals surface area contributed by atoms with Gasteiger partial charge in [0.15, 0.2) is 9.84 Å². The molecule has 3 atom stereocenters. The minimum Gasteiger partial charge on any atom is -0.229 e. The molecule has 0 spiro atoms. The molecule has 0 aliphatic heterocycles. The second kappa shape index (κ2) is 3.56. The van der Waals surface area contributed by atoms with E-state index in [1.165, 1.54) is 24.3 Å². The van der Waals surface area contributed by atoms with E-state index in [2.05, 4.69) is 0 Å². The molecule has 0 radical (unpaired) electrons. The number of nitrogens with zero attached hydrogens (tertiary/aromatic N) is 1. The fourth-order valence-corrected chi connectivity index (χ4v) is 3.58. The Kier molecular flexibility index (Phi) is 2.47. The first-order valence-electron chi connectivity index (χ1n) is 4.79. The highest BCUT2D eigenvalue weighted by Crippen LogP contribution is 2.51. The maximum Gasteiger partial charge on any atom is 0.152 e. The molecule has 0 bridgehead atoms. The van der Waals surface area contributed by atoms with Crippen molar-refractivity contribution < 1.29 is 12.8 Å². The van der Waals surface area contributed by atoms with Crippen LogP contribution >= 0.6 is 0 Å². The molecule has 3 nitrogen and oxygen atoms in total. The van der Waals surface area contributed by atoms with E-state index in [1.54, 1.807) is 0 Å². The van der Waals surface area contributed by atoms with Crippen molar-refractivity contribution in [1.29, 1.82) is 5.26 Å². The van der Waals surface area contributed by atoms with E-state index in [9.17, 15) is 12.8 Å². The van der Waals surface area contributed by atoms with Gasteiger partial charge < -0.3 is 0 Å². The SMILES string of the molecule is CS(=O)(=O)[C@@H]1[C@H](C#N)[C@H]1c1ccc(F)cc1. The summed E-state index contributed by atoms with van der Waals surface area (Å²) in [7, 11) is -3.21. The molecular formula is C11H10FNO2S. The summed E-state index contributed by atoms with van der Waals surface area (Å²) >= 11 is 0. The fraction of sp³-hybridized carbons (Fsp3) is 0.364. The molecule has 84 valence electrons. The molecule has 0 saturated heterocycles. The molecule has 0 amide bonds. The normalized spacial score (nSPS) is 28.4. The summed E-state index contributed by atoms with van der Waals surface area (Å²) in [4.78, 5) is 0. The van der Waals surface area contributed by atoms with Crippen molar-refractivity contribution in [3.05, 3.63) is 35.6 Å². The van der Waals surface area contributed by atoms with E-state index in [0.29, 0.717) is 5.56 Å². The molecule has 0 unspecified atom stereocenters. The van der Waals surface area contributed by atoms with Crippen molar-refractivity contribution in [2.45, 2.75) is 11.2 Å². The zero-order valence-electron chi connectivity index (χ0n) is 8.59. The van der Waals surface area contributed by atoms with Gasteiger partial charge in [-0.15, -0.1) is 0 Å². The molecule has 1 aromatic carbocycles. The topological polar surface area (TPSA) is 57.9 Å². The molecule has 1 saturated carbocycles. The van der Waals surface area contributed by atoms with Crippen LogP contribution in [-0.2, 0) is 9.84 Å². The van der Waals surface area contributed by atoms with Crippen LogP contribution in [0.4, 0.5) is 4.39 Å². The lowest BCUT2D eigenvalue weighted by molar-refractivity contribution is 0.599. The standard InChI is InChI=1S/C11H10FNO2S/c1-16(14,15)11-9(6-13)10(11)7-2-4-8(12)5-3-7/h2-5,9-11H,1H3/t9-,10-,11-/m1/s1. The zero-order valence-corrected chi connectivity index (χ0v) is 9.41. The summed E-state index contributed by atoms with van der Waals surface area (Å²) in [6.45, 7) is 0. The van der Waals surface area contributed by atoms with E-state index in [-0.39, 0.29) is 11.7 Å². The predicted molar refractivity (Wildman–Crippen MR) is 56.9 cm³/mol. The van der Waals surface area contributed by atoms with Crippen LogP contribution in [0, 0.1) is 23.1 Å². The molecule has 0 aromatic heterocycles. The number of sulfone groups is 1. The Morgan fingerprint density at radius 3 is 2.25 bits per heavy atom. The van der Waals surface area contributed by atoms with Crippen LogP contribution < -0.4 is 0 Å². The lowest BCUT2D eigenvalue weighted by atomic mass is 10.1. The third-order valence-electron chi connectivity index (χ3n) is 2.85. The van der Waals surface area contributed by atoms with Gasteiger partial charge in [0, 0.05) is 12.2 Å². The Balaban J connectivity index is 2.31. The highest BCUT2D eigenvalue weighted by Gasteiger charge is 2.57. The summed E-state index contributed by atoms with van der Waals surface area (Å²) in [5.41, 5.74) is 0.711. The molecule has 0 N–H and O–H groups in total. The second-order valence-corrected chi connectivity index (χ2v) is 6.23. The van der Waals surface area contributed by atoms with Gasteiger partial charge in [-0.3, -0.25) is 0 Å². The van der Waals surface area contributed by atoms with Crippen LogP contribution in [0.3, 0.4) is 0 Å². The third kappa shape index (κ3) is 1.81. The highest BCUT2D eigenvalue weighted by atomic mass is 32.2. The zero-order chi connectivity index (χ0) is 11.9. The van der Waals surface area contributed by atoms with Crippen LogP contribution in [0.5, 0.6) is 0 Å². The molecule has 2 rings (SSSR count). The minimum absolute atomic E-state index is 0.305. The Hall–Kier alpha value is -1.41. The van der Waals surface area contributed by atoms with Gasteiger partial charge in [0.05, 0.1) is 17.2 Å². The van der Waals surface area contributed by atoms with Crippen LogP contribution in [0.1, 0.15) is 11.5 Å². The fourth-order valence-electron chi connectivity index (χ4n) is 2.05. The van der Waals surface area contributed by atoms with Gasteiger partial charge in [-0.1, -0.05) is 12.1 Å². The number of nitriles is 1. The van der Waals surface area contributed by atoms with Gasteiger partial charge >= 0.3 is 0 Å². The molecule has 0 heterocycles. The first-order valence-corrected chi connectivity index (χ1v) is 6.74. The first kappa shape index (κ1) is 11.1. The van der Waals surface area contributed by atoms with Crippen LogP contribution in [0.25, 0.3) is 0 Å². The van der Waals surface area contributed by atoms with Crippen molar-refractivity contribution >= 4 is 9.84 Å². The average Bonchev–Trinajstić information content (AvgIpc) is 2.92. The lowest BCUT2D eigenvalue weighted by Gasteiger charge is -1.98. The van der Waals surface area contributed by atoms with Gasteiger partial charge in [0.25, 0.3) is 0 Å². The quantitative estimate of drug-likeness (QED) is 0.785. The highest BCUT2D eigenvalue weighted by molar-refractivity contribution is 7.91. The summed E-state index contributed by atoms with van der Waals surface area (Å²) in [6, 6.07) is 7.62. The number of halogens is 1. The van der Waals surface area contributed by atoms with Crippen molar-refractivity contribution in [2.24, 2.45) is 5.92 Å². The maximum absolute atomic E-state index is 12.7. The summed E-state index contributed by atoms with van der Waals surface area (Å²) < 4.78 is 35.5. The van der Waals surface area contributed by atoms with Gasteiger partial charge in [-0.2, -0.15) is 5.26 Å². The largest absolute Gasteiger partial charge is 0.229 e. The molecule has 16 heavy (non-hydrogen) atoms. The van der Waals surface area contributed by atoms with E-state index in [1.807, 2.05) is 6.07 Å². The molecule has 1 aliphatic rings. The average molecular weight is 239 g/mol. The van der Waals surface area contributed by atoms with E-state index in [0.717, 1.165) is 6.26 Å². The van der Waals surface area contributed by atoms with Crippen molar-refractivity contribution in [2.75, 3.05) is 6.26 Å². The second-order valence-electron chi connectivity index (χ2n) is 4.03. The predicted octanol–water partition coefficient (Wildman–Crippen LogP) is 1.48. The van der Waals surface area contributed by atoms with Gasteiger partial charge in [-0.05, 0) is 17.7 Å². The van der Waals surface area contributed by atoms with Crippen LogP contribution in [-0.4, -0.2) is 19.9 Å². The molecule has 5 heteroatoms. The Morgan fingerprint density at radius 2 is 1.88 bits per heavy atom. The number of benzene rings is 1. The summed E-state index contributed by atoms with van der Waals surface area (Å²) in [6.07, 6.45) is 1.13. The third-order valence-corrected chi connectivity index (χ3v) is 4.43. The molecular weight excluding hydrogens is 229 g/mol. The Labute approximate surface area is 93.4 Å². The lowest BCUT2D eigenvalue weighted by Crippen LogP contribution is -2.06. The van der Waals surface area contributed by atoms with E-state index in [4.69, 9.17) is 5.26 Å². The van der Waals surface area contributed by atoms with Crippen LogP contribution in [0.2, 0.25) is 0 Å². The number of rotatable bonds is 2. The molecule has 1 aliphatic carbocycles. The Morgan fingerprint density at radius 1 is 1.31 bits per heavy atom. The van der Waals surface area contributed by atoms with Crippen molar-refractivity contribution in [3.8, 4) is 6.07 Å². The van der Waals surface area contributed by atoms with Crippen LogP contribution in [0.15, 0.2) is 24.3 Å². The van der Waals surface area contributed by atoms with Crippen molar-refractivity contribution in [1.82, 2.24) is 0 Å². The summed E-state index contributed by atoms with van der Waals surface area (Å²) in [5, 5.41) is 8.20. The van der Waals surface area contributed by atoms with E-state index < -0.39 is 21.0 Å². The van der Waals surface area contributed by atoms with Gasteiger partial charge in [-0.25, -0.2) is 12.8 Å².